The number of nitrogens with one attached hydrogen (secondary N) is 1. The molecule has 0 aliphatic carbocycles. The van der Waals surface area contributed by atoms with Gasteiger partial charge in [0.15, 0.2) is 6.10 Å². The molecule has 0 fully saturated rings. The molecule has 0 unspecified atom stereocenters. The number of carbonyl (C=O) groups excluding carboxylic acids is 2. The molecule has 1 atom stereocenters. The largest absolute Gasteiger partial charge is 0.489 e. The second kappa shape index (κ2) is 7.98. The maximum absolute atomic E-state index is 11.8. The summed E-state index contributed by atoms with van der Waals surface area (Å²) in [5.41, 5.74) is 1.70. The SMILES string of the molecule is CC(=O)O[C@@H](C)C(=O)Nc1ccc(OCc2ccccc2)cc1. The van der Waals surface area contributed by atoms with Crippen LogP contribution in [0.1, 0.15) is 19.4 Å². The number of rotatable bonds is 6. The molecule has 23 heavy (non-hydrogen) atoms. The Morgan fingerprint density at radius 1 is 1.04 bits per heavy atom. The molecule has 2 aromatic carbocycles. The van der Waals surface area contributed by atoms with Gasteiger partial charge in [0.25, 0.3) is 5.91 Å². The Balaban J connectivity index is 1.87. The standard InChI is InChI=1S/C18H19NO4/c1-13(23-14(2)20)18(21)19-16-8-10-17(11-9-16)22-12-15-6-4-3-5-7-15/h3-11,13H,12H2,1-2H3,(H,19,21)/t13-/m0/s1. The van der Waals surface area contributed by atoms with Crippen molar-refractivity contribution in [2.24, 2.45) is 0 Å². The number of hydrogen-bond acceptors (Lipinski definition) is 4. The minimum absolute atomic E-state index is 0.377. The Labute approximate surface area is 135 Å². The topological polar surface area (TPSA) is 64.6 Å². The van der Waals surface area contributed by atoms with Crippen LogP contribution in [0.25, 0.3) is 0 Å². The summed E-state index contributed by atoms with van der Waals surface area (Å²) in [6, 6.07) is 16.9. The van der Waals surface area contributed by atoms with E-state index in [2.05, 4.69) is 5.32 Å². The fourth-order valence-electron chi connectivity index (χ4n) is 1.92. The molecule has 0 spiro atoms. The van der Waals surface area contributed by atoms with E-state index in [0.717, 1.165) is 5.56 Å². The average molecular weight is 313 g/mol. The number of anilines is 1. The third-order valence-electron chi connectivity index (χ3n) is 3.08. The zero-order valence-corrected chi connectivity index (χ0v) is 13.1. The van der Waals surface area contributed by atoms with E-state index in [9.17, 15) is 9.59 Å². The molecule has 1 N–H and O–H groups in total. The van der Waals surface area contributed by atoms with Gasteiger partial charge in [0.2, 0.25) is 0 Å². The Hall–Kier alpha value is -2.82. The number of amides is 1. The zero-order chi connectivity index (χ0) is 16.7. The van der Waals surface area contributed by atoms with Crippen molar-refractivity contribution in [3.8, 4) is 5.75 Å². The zero-order valence-electron chi connectivity index (χ0n) is 13.1. The van der Waals surface area contributed by atoms with Crippen LogP contribution < -0.4 is 10.1 Å². The molecule has 0 heterocycles. The van der Waals surface area contributed by atoms with Crippen molar-refractivity contribution in [1.82, 2.24) is 0 Å². The van der Waals surface area contributed by atoms with Gasteiger partial charge in [-0.05, 0) is 36.8 Å². The molecule has 1 amide bonds. The van der Waals surface area contributed by atoms with Gasteiger partial charge in [0.05, 0.1) is 0 Å². The van der Waals surface area contributed by atoms with E-state index in [1.165, 1.54) is 13.8 Å². The summed E-state index contributed by atoms with van der Waals surface area (Å²) in [6.45, 7) is 3.27. The normalized spacial score (nSPS) is 11.4. The van der Waals surface area contributed by atoms with Gasteiger partial charge < -0.3 is 14.8 Å². The summed E-state index contributed by atoms with van der Waals surface area (Å²) < 4.78 is 10.5. The van der Waals surface area contributed by atoms with Crippen molar-refractivity contribution >= 4 is 17.6 Å². The molecule has 5 nitrogen and oxygen atoms in total. The smallest absolute Gasteiger partial charge is 0.303 e. The van der Waals surface area contributed by atoms with Crippen LogP contribution >= 0.6 is 0 Å². The van der Waals surface area contributed by atoms with Crippen LogP contribution in [0.2, 0.25) is 0 Å². The van der Waals surface area contributed by atoms with Crippen molar-refractivity contribution in [1.29, 1.82) is 0 Å². The molecule has 0 saturated carbocycles. The lowest BCUT2D eigenvalue weighted by Gasteiger charge is -2.12. The monoisotopic (exact) mass is 313 g/mol. The fraction of sp³-hybridized carbons (Fsp3) is 0.222. The highest BCUT2D eigenvalue weighted by atomic mass is 16.5. The highest BCUT2D eigenvalue weighted by Crippen LogP contribution is 2.17. The van der Waals surface area contributed by atoms with Crippen LogP contribution in [0.3, 0.4) is 0 Å². The summed E-state index contributed by atoms with van der Waals surface area (Å²) in [7, 11) is 0. The van der Waals surface area contributed by atoms with Gasteiger partial charge in [-0.25, -0.2) is 0 Å². The molecular formula is C18H19NO4. The van der Waals surface area contributed by atoms with E-state index >= 15 is 0 Å². The van der Waals surface area contributed by atoms with E-state index < -0.39 is 12.1 Å². The lowest BCUT2D eigenvalue weighted by atomic mass is 10.2. The predicted octanol–water partition coefficient (Wildman–Crippen LogP) is 3.16. The van der Waals surface area contributed by atoms with Crippen molar-refractivity contribution < 1.29 is 19.1 Å². The molecule has 5 heteroatoms. The van der Waals surface area contributed by atoms with Gasteiger partial charge >= 0.3 is 5.97 Å². The molecular weight excluding hydrogens is 294 g/mol. The molecule has 120 valence electrons. The van der Waals surface area contributed by atoms with Gasteiger partial charge in [-0.1, -0.05) is 30.3 Å². The van der Waals surface area contributed by atoms with Crippen LogP contribution in [0.15, 0.2) is 54.6 Å². The Morgan fingerprint density at radius 2 is 1.70 bits per heavy atom. The third kappa shape index (κ3) is 5.47. The maximum atomic E-state index is 11.8. The second-order valence-electron chi connectivity index (χ2n) is 5.04. The van der Waals surface area contributed by atoms with Crippen molar-refractivity contribution in [2.45, 2.75) is 26.6 Å². The average Bonchev–Trinajstić information content (AvgIpc) is 2.54. The van der Waals surface area contributed by atoms with Gasteiger partial charge in [0, 0.05) is 12.6 Å². The summed E-state index contributed by atoms with van der Waals surface area (Å²) in [5, 5.41) is 2.68. The number of carbonyl (C=O) groups is 2. The minimum atomic E-state index is -0.832. The first-order valence-corrected chi connectivity index (χ1v) is 7.29. The van der Waals surface area contributed by atoms with E-state index in [1.807, 2.05) is 30.3 Å². The summed E-state index contributed by atoms with van der Waals surface area (Å²) in [4.78, 5) is 22.6. The van der Waals surface area contributed by atoms with E-state index in [1.54, 1.807) is 24.3 Å². The quantitative estimate of drug-likeness (QED) is 0.832. The van der Waals surface area contributed by atoms with Crippen molar-refractivity contribution in [2.75, 3.05) is 5.32 Å². The lowest BCUT2D eigenvalue weighted by molar-refractivity contribution is -0.150. The number of esters is 1. The van der Waals surface area contributed by atoms with Crippen LogP contribution in [0, 0.1) is 0 Å². The molecule has 0 aliphatic heterocycles. The van der Waals surface area contributed by atoms with Crippen molar-refractivity contribution in [3.05, 3.63) is 60.2 Å². The summed E-state index contributed by atoms with van der Waals surface area (Å²) in [6.07, 6.45) is -0.832. The second-order valence-corrected chi connectivity index (χ2v) is 5.04. The van der Waals surface area contributed by atoms with Crippen LogP contribution in [-0.2, 0) is 20.9 Å². The number of benzene rings is 2. The number of hydrogen-bond donors (Lipinski definition) is 1. The van der Waals surface area contributed by atoms with E-state index in [-0.39, 0.29) is 5.91 Å². The van der Waals surface area contributed by atoms with E-state index in [0.29, 0.717) is 18.0 Å². The molecule has 0 radical (unpaired) electrons. The van der Waals surface area contributed by atoms with Gasteiger partial charge in [-0.15, -0.1) is 0 Å². The highest BCUT2D eigenvalue weighted by molar-refractivity contribution is 5.94. The summed E-state index contributed by atoms with van der Waals surface area (Å²) in [5.74, 6) is -0.157. The predicted molar refractivity (Wildman–Crippen MR) is 87.1 cm³/mol. The minimum Gasteiger partial charge on any atom is -0.489 e. The van der Waals surface area contributed by atoms with Crippen LogP contribution in [0.5, 0.6) is 5.75 Å². The molecule has 0 saturated heterocycles. The van der Waals surface area contributed by atoms with Crippen molar-refractivity contribution in [3.63, 3.8) is 0 Å². The Bertz CT molecular complexity index is 652. The van der Waals surface area contributed by atoms with Gasteiger partial charge in [-0.2, -0.15) is 0 Å². The summed E-state index contributed by atoms with van der Waals surface area (Å²) >= 11 is 0. The molecule has 0 aliphatic rings. The molecule has 2 rings (SSSR count). The highest BCUT2D eigenvalue weighted by Gasteiger charge is 2.15. The van der Waals surface area contributed by atoms with Gasteiger partial charge in [-0.3, -0.25) is 9.59 Å². The first-order chi connectivity index (χ1) is 11.0. The van der Waals surface area contributed by atoms with Gasteiger partial charge in [0.1, 0.15) is 12.4 Å². The third-order valence-corrected chi connectivity index (χ3v) is 3.08. The number of ether oxygens (including phenoxy) is 2. The van der Waals surface area contributed by atoms with E-state index in [4.69, 9.17) is 9.47 Å². The van der Waals surface area contributed by atoms with Crippen LogP contribution in [0.4, 0.5) is 5.69 Å². The Kier molecular flexibility index (Phi) is 5.74. The molecule has 0 aromatic heterocycles. The fourth-order valence-corrected chi connectivity index (χ4v) is 1.92. The maximum Gasteiger partial charge on any atom is 0.303 e. The van der Waals surface area contributed by atoms with Crippen LogP contribution in [-0.4, -0.2) is 18.0 Å². The first-order valence-electron chi connectivity index (χ1n) is 7.29. The molecule has 0 bridgehead atoms. The Morgan fingerprint density at radius 3 is 2.30 bits per heavy atom. The molecule has 2 aromatic rings. The first kappa shape index (κ1) is 16.5. The lowest BCUT2D eigenvalue weighted by Crippen LogP contribution is -2.29.